The summed E-state index contributed by atoms with van der Waals surface area (Å²) < 4.78 is 0. The van der Waals surface area contributed by atoms with Crippen molar-refractivity contribution in [1.82, 2.24) is 0 Å². The van der Waals surface area contributed by atoms with Crippen molar-refractivity contribution in [2.75, 3.05) is 0 Å². The molecule has 1 aliphatic carbocycles. The molecule has 1 heteroatoms. The highest BCUT2D eigenvalue weighted by Gasteiger charge is 2.15. The van der Waals surface area contributed by atoms with Crippen molar-refractivity contribution in [3.63, 3.8) is 0 Å². The zero-order chi connectivity index (χ0) is 18.2. The fourth-order valence-corrected chi connectivity index (χ4v) is 3.53. The lowest BCUT2D eigenvalue weighted by molar-refractivity contribution is 0.163. The Morgan fingerprint density at radius 2 is 1.69 bits per heavy atom. The summed E-state index contributed by atoms with van der Waals surface area (Å²) >= 11 is 0. The van der Waals surface area contributed by atoms with E-state index in [1.54, 1.807) is 0 Å². The molecule has 2 aromatic carbocycles. The molecule has 0 aromatic heterocycles. The summed E-state index contributed by atoms with van der Waals surface area (Å²) in [6, 6.07) is 18.7. The second kappa shape index (κ2) is 9.41. The van der Waals surface area contributed by atoms with Gasteiger partial charge in [-0.1, -0.05) is 80.5 Å². The molecule has 134 valence electrons. The van der Waals surface area contributed by atoms with Gasteiger partial charge in [0.05, 0.1) is 6.10 Å². The van der Waals surface area contributed by atoms with Crippen molar-refractivity contribution < 1.29 is 5.11 Å². The molecular formula is C25H28O. The summed E-state index contributed by atoms with van der Waals surface area (Å²) in [6.07, 6.45) is 7.31. The van der Waals surface area contributed by atoms with Gasteiger partial charge in [-0.3, -0.25) is 0 Å². The first-order valence-corrected chi connectivity index (χ1v) is 9.85. The van der Waals surface area contributed by atoms with Crippen LogP contribution in [0.2, 0.25) is 0 Å². The Balaban J connectivity index is 1.74. The predicted molar refractivity (Wildman–Crippen MR) is 110 cm³/mol. The van der Waals surface area contributed by atoms with Crippen molar-refractivity contribution in [3.8, 4) is 11.8 Å². The molecule has 1 aliphatic rings. The molecular weight excluding hydrogens is 316 g/mol. The van der Waals surface area contributed by atoms with E-state index < -0.39 is 0 Å². The number of hydrogen-bond donors (Lipinski definition) is 1. The minimum atomic E-state index is -0.342. The molecule has 0 radical (unpaired) electrons. The normalized spacial score (nSPS) is 14.8. The van der Waals surface area contributed by atoms with E-state index in [-0.39, 0.29) is 6.10 Å². The third-order valence-electron chi connectivity index (χ3n) is 5.07. The van der Waals surface area contributed by atoms with Crippen LogP contribution in [0.15, 0.2) is 60.2 Å². The Kier molecular flexibility index (Phi) is 6.69. The highest BCUT2D eigenvalue weighted by atomic mass is 16.3. The maximum Gasteiger partial charge on any atom is 0.0790 e. The zero-order valence-corrected chi connectivity index (χ0v) is 15.7. The van der Waals surface area contributed by atoms with Gasteiger partial charge in [-0.15, -0.1) is 0 Å². The Labute approximate surface area is 157 Å². The number of hydrogen-bond acceptors (Lipinski definition) is 1. The number of aliphatic hydroxyl groups excluding tert-OH is 1. The van der Waals surface area contributed by atoms with Crippen molar-refractivity contribution in [1.29, 1.82) is 0 Å². The molecule has 0 fully saturated rings. The smallest absolute Gasteiger partial charge is 0.0790 e. The molecule has 0 saturated carbocycles. The highest BCUT2D eigenvalue weighted by molar-refractivity contribution is 5.74. The molecule has 3 rings (SSSR count). The van der Waals surface area contributed by atoms with E-state index in [4.69, 9.17) is 0 Å². The monoisotopic (exact) mass is 344 g/mol. The predicted octanol–water partition coefficient (Wildman–Crippen LogP) is 6.29. The first-order chi connectivity index (χ1) is 12.8. The molecule has 1 nitrogen and oxygen atoms in total. The van der Waals surface area contributed by atoms with Crippen molar-refractivity contribution in [2.24, 2.45) is 0 Å². The van der Waals surface area contributed by atoms with Gasteiger partial charge in [0.1, 0.15) is 0 Å². The van der Waals surface area contributed by atoms with Gasteiger partial charge in [0, 0.05) is 11.1 Å². The lowest BCUT2D eigenvalue weighted by Gasteiger charge is -2.12. The zero-order valence-electron chi connectivity index (χ0n) is 15.7. The van der Waals surface area contributed by atoms with Gasteiger partial charge in [0.25, 0.3) is 0 Å². The Morgan fingerprint density at radius 1 is 0.923 bits per heavy atom. The van der Waals surface area contributed by atoms with Crippen LogP contribution in [-0.4, -0.2) is 5.11 Å². The number of rotatable bonds is 6. The molecule has 0 spiro atoms. The molecule has 0 aliphatic heterocycles. The number of unbranched alkanes of at least 4 members (excludes halogenated alkanes) is 2. The van der Waals surface area contributed by atoms with Gasteiger partial charge in [-0.05, 0) is 54.5 Å². The summed E-state index contributed by atoms with van der Waals surface area (Å²) in [5, 5.41) is 10.3. The first-order valence-electron chi connectivity index (χ1n) is 9.85. The lowest BCUT2D eigenvalue weighted by Crippen LogP contribution is -1.97. The highest BCUT2D eigenvalue weighted by Crippen LogP contribution is 2.34. The van der Waals surface area contributed by atoms with Gasteiger partial charge in [-0.2, -0.15) is 0 Å². The summed E-state index contributed by atoms with van der Waals surface area (Å²) in [5.74, 6) is 6.70. The van der Waals surface area contributed by atoms with Crippen LogP contribution >= 0.6 is 0 Å². The molecule has 1 N–H and O–H groups in total. The molecule has 1 unspecified atom stereocenters. The van der Waals surface area contributed by atoms with Crippen LogP contribution < -0.4 is 0 Å². The average molecular weight is 344 g/mol. The van der Waals surface area contributed by atoms with Crippen molar-refractivity contribution >= 4 is 5.57 Å². The van der Waals surface area contributed by atoms with Crippen LogP contribution in [0, 0.1) is 11.8 Å². The van der Waals surface area contributed by atoms with Crippen LogP contribution in [0.5, 0.6) is 0 Å². The van der Waals surface area contributed by atoms with E-state index in [0.717, 1.165) is 36.8 Å². The van der Waals surface area contributed by atoms with Gasteiger partial charge < -0.3 is 5.11 Å². The maximum atomic E-state index is 10.3. The van der Waals surface area contributed by atoms with Gasteiger partial charge >= 0.3 is 0 Å². The maximum absolute atomic E-state index is 10.3. The summed E-state index contributed by atoms with van der Waals surface area (Å²) in [5.41, 5.74) is 5.99. The first kappa shape index (κ1) is 18.5. The van der Waals surface area contributed by atoms with Crippen LogP contribution in [0.4, 0.5) is 0 Å². The number of benzene rings is 2. The lowest BCUT2D eigenvalue weighted by atomic mass is 9.97. The summed E-state index contributed by atoms with van der Waals surface area (Å²) in [4.78, 5) is 0. The van der Waals surface area contributed by atoms with Gasteiger partial charge in [-0.25, -0.2) is 0 Å². The quantitative estimate of drug-likeness (QED) is 0.482. The molecule has 26 heavy (non-hydrogen) atoms. The van der Waals surface area contributed by atoms with Crippen molar-refractivity contribution in [2.45, 2.75) is 58.0 Å². The Morgan fingerprint density at radius 3 is 2.42 bits per heavy atom. The van der Waals surface area contributed by atoms with E-state index in [2.05, 4.69) is 55.2 Å². The molecule has 0 bridgehead atoms. The minimum Gasteiger partial charge on any atom is -0.388 e. The Hall–Kier alpha value is -2.30. The number of aliphatic hydroxyl groups is 1. The van der Waals surface area contributed by atoms with Gasteiger partial charge in [0.15, 0.2) is 0 Å². The largest absolute Gasteiger partial charge is 0.388 e. The Bertz CT molecular complexity index is 788. The van der Waals surface area contributed by atoms with E-state index in [9.17, 15) is 5.11 Å². The second-order valence-electron chi connectivity index (χ2n) is 7.06. The van der Waals surface area contributed by atoms with E-state index in [0.29, 0.717) is 0 Å². The molecule has 2 aromatic rings. The molecule has 0 heterocycles. The van der Waals surface area contributed by atoms with E-state index in [1.807, 2.05) is 18.2 Å². The fraction of sp³-hybridized carbons (Fsp3) is 0.360. The topological polar surface area (TPSA) is 20.2 Å². The second-order valence-corrected chi connectivity index (χ2v) is 7.06. The molecule has 1 atom stereocenters. The molecule has 0 amide bonds. The number of allylic oxidation sites excluding steroid dienone is 2. The van der Waals surface area contributed by atoms with E-state index >= 15 is 0 Å². The molecule has 0 saturated heterocycles. The summed E-state index contributed by atoms with van der Waals surface area (Å²) in [7, 11) is 0. The summed E-state index contributed by atoms with van der Waals surface area (Å²) in [6.45, 7) is 2.19. The van der Waals surface area contributed by atoms with E-state index in [1.165, 1.54) is 36.0 Å². The van der Waals surface area contributed by atoms with Crippen LogP contribution in [0.3, 0.4) is 0 Å². The van der Waals surface area contributed by atoms with Crippen molar-refractivity contribution in [3.05, 3.63) is 76.9 Å². The average Bonchev–Trinajstić information content (AvgIpc) is 3.16. The minimum absolute atomic E-state index is 0.342. The van der Waals surface area contributed by atoms with Gasteiger partial charge in [0.2, 0.25) is 0 Å². The van der Waals surface area contributed by atoms with Crippen LogP contribution in [0.1, 0.15) is 74.7 Å². The van der Waals surface area contributed by atoms with Crippen LogP contribution in [0.25, 0.3) is 5.57 Å². The standard InChI is InChI=1S/C25H28O/c1-2-3-5-13-25(26)23-18-16-22(17-19-23)24-12-8-11-21(24)15-14-20-9-6-4-7-10-20/h4,6-7,9-10,16-19,25-26H,2-3,5,8,11-13H2,1H3. The third-order valence-corrected chi connectivity index (χ3v) is 5.07. The SMILES string of the molecule is CCCCCC(O)c1ccc(C2=C(C#Cc3ccccc3)CCC2)cc1. The third kappa shape index (κ3) is 4.87. The van der Waals surface area contributed by atoms with Crippen LogP contribution in [-0.2, 0) is 0 Å². The fourth-order valence-electron chi connectivity index (χ4n) is 3.53.